The van der Waals surface area contributed by atoms with Gasteiger partial charge in [0, 0.05) is 12.3 Å². The van der Waals surface area contributed by atoms with Crippen molar-refractivity contribution in [3.8, 4) is 0 Å². The average molecular weight is 143 g/mol. The molecule has 1 aliphatic heterocycles. The van der Waals surface area contributed by atoms with Crippen LogP contribution in [-0.2, 0) is 4.79 Å². The third-order valence-corrected chi connectivity index (χ3v) is 2.20. The molecule has 0 aromatic carbocycles. The van der Waals surface area contributed by atoms with Crippen LogP contribution < -0.4 is 0 Å². The van der Waals surface area contributed by atoms with Gasteiger partial charge in [-0.05, 0) is 6.08 Å². The number of amides is 1. The van der Waals surface area contributed by atoms with E-state index in [0.29, 0.717) is 0 Å². The van der Waals surface area contributed by atoms with Gasteiger partial charge in [0.15, 0.2) is 0 Å². The molecule has 1 amide bonds. The van der Waals surface area contributed by atoms with Crippen LogP contribution in [0.25, 0.3) is 0 Å². The fourth-order valence-corrected chi connectivity index (χ4v) is 1.67. The summed E-state index contributed by atoms with van der Waals surface area (Å²) in [5, 5.41) is 0. The van der Waals surface area contributed by atoms with Crippen LogP contribution in [0.4, 0.5) is 0 Å². The molecule has 1 rings (SSSR count). The van der Waals surface area contributed by atoms with Crippen molar-refractivity contribution in [2.45, 2.75) is 0 Å². The minimum Gasteiger partial charge on any atom is -0.329 e. The standard InChI is InChI=1S/C6H9NOS/c1-2-6(8)7-3-4-9-5-7/h2H,1,3-5H2. The lowest BCUT2D eigenvalue weighted by Gasteiger charge is -2.09. The molecule has 0 unspecified atom stereocenters. The molecule has 0 aromatic rings. The van der Waals surface area contributed by atoms with Crippen molar-refractivity contribution in [1.29, 1.82) is 0 Å². The third-order valence-electron chi connectivity index (χ3n) is 1.24. The Morgan fingerprint density at radius 3 is 3.00 bits per heavy atom. The molecule has 0 aromatic heterocycles. The highest BCUT2D eigenvalue weighted by Crippen LogP contribution is 2.12. The smallest absolute Gasteiger partial charge is 0.246 e. The molecule has 0 bridgehead atoms. The summed E-state index contributed by atoms with van der Waals surface area (Å²) >= 11 is 1.78. The highest BCUT2D eigenvalue weighted by atomic mass is 32.2. The number of carbonyl (C=O) groups excluding carboxylic acids is 1. The van der Waals surface area contributed by atoms with Gasteiger partial charge in [-0.3, -0.25) is 4.79 Å². The summed E-state index contributed by atoms with van der Waals surface area (Å²) in [4.78, 5) is 12.6. The number of rotatable bonds is 1. The monoisotopic (exact) mass is 143 g/mol. The molecule has 0 saturated carbocycles. The van der Waals surface area contributed by atoms with Gasteiger partial charge in [0.1, 0.15) is 0 Å². The topological polar surface area (TPSA) is 20.3 Å². The lowest BCUT2D eigenvalue weighted by atomic mass is 10.5. The van der Waals surface area contributed by atoms with Crippen molar-refractivity contribution in [3.05, 3.63) is 12.7 Å². The lowest BCUT2D eigenvalue weighted by Crippen LogP contribution is -2.25. The number of nitrogens with zero attached hydrogens (tertiary/aromatic N) is 1. The second-order valence-corrected chi connectivity index (χ2v) is 2.92. The van der Waals surface area contributed by atoms with Crippen molar-refractivity contribution in [1.82, 2.24) is 4.90 Å². The lowest BCUT2D eigenvalue weighted by molar-refractivity contribution is -0.124. The van der Waals surface area contributed by atoms with Gasteiger partial charge in [0.2, 0.25) is 5.91 Å². The maximum Gasteiger partial charge on any atom is 0.246 e. The maximum absolute atomic E-state index is 10.8. The number of thioether (sulfide) groups is 1. The Bertz CT molecular complexity index is 129. The van der Waals surface area contributed by atoms with Crippen LogP contribution in [0.1, 0.15) is 0 Å². The number of carbonyl (C=O) groups is 1. The van der Waals surface area contributed by atoms with Gasteiger partial charge in [0.05, 0.1) is 5.88 Å². The van der Waals surface area contributed by atoms with Crippen LogP contribution in [0.5, 0.6) is 0 Å². The molecule has 2 nitrogen and oxygen atoms in total. The molecule has 0 atom stereocenters. The van der Waals surface area contributed by atoms with E-state index < -0.39 is 0 Å². The van der Waals surface area contributed by atoms with Gasteiger partial charge in [-0.15, -0.1) is 11.8 Å². The van der Waals surface area contributed by atoms with E-state index in [0.717, 1.165) is 18.2 Å². The summed E-state index contributed by atoms with van der Waals surface area (Å²) in [6.07, 6.45) is 1.37. The largest absolute Gasteiger partial charge is 0.329 e. The van der Waals surface area contributed by atoms with Crippen molar-refractivity contribution >= 4 is 17.7 Å². The van der Waals surface area contributed by atoms with Crippen LogP contribution in [0.2, 0.25) is 0 Å². The maximum atomic E-state index is 10.8. The molecule has 1 aliphatic rings. The molecular formula is C6H9NOS. The highest BCUT2D eigenvalue weighted by molar-refractivity contribution is 7.99. The minimum absolute atomic E-state index is 0.0556. The molecule has 9 heavy (non-hydrogen) atoms. The van der Waals surface area contributed by atoms with Crippen molar-refractivity contribution in [2.24, 2.45) is 0 Å². The Morgan fingerprint density at radius 2 is 2.56 bits per heavy atom. The van der Waals surface area contributed by atoms with E-state index in [2.05, 4.69) is 6.58 Å². The van der Waals surface area contributed by atoms with Crippen LogP contribution in [0.3, 0.4) is 0 Å². The SMILES string of the molecule is C=CC(=O)N1CCSC1. The van der Waals surface area contributed by atoms with Gasteiger partial charge in [0.25, 0.3) is 0 Å². The Hall–Kier alpha value is -0.440. The van der Waals surface area contributed by atoms with E-state index >= 15 is 0 Å². The summed E-state index contributed by atoms with van der Waals surface area (Å²) in [5.74, 6) is 1.96. The van der Waals surface area contributed by atoms with E-state index in [1.165, 1.54) is 6.08 Å². The molecule has 1 heterocycles. The first-order chi connectivity index (χ1) is 4.34. The van der Waals surface area contributed by atoms with Gasteiger partial charge < -0.3 is 4.90 Å². The first-order valence-electron chi connectivity index (χ1n) is 2.83. The molecule has 0 aliphatic carbocycles. The normalized spacial score (nSPS) is 18.0. The van der Waals surface area contributed by atoms with E-state index in [1.54, 1.807) is 16.7 Å². The predicted molar refractivity (Wildman–Crippen MR) is 39.2 cm³/mol. The number of hydrogen-bond acceptors (Lipinski definition) is 2. The summed E-state index contributed by atoms with van der Waals surface area (Å²) in [5.41, 5.74) is 0. The van der Waals surface area contributed by atoms with Gasteiger partial charge in [-0.1, -0.05) is 6.58 Å². The molecule has 0 radical (unpaired) electrons. The Morgan fingerprint density at radius 1 is 1.78 bits per heavy atom. The quantitative estimate of drug-likeness (QED) is 0.504. The first-order valence-corrected chi connectivity index (χ1v) is 3.99. The molecule has 0 N–H and O–H groups in total. The van der Waals surface area contributed by atoms with E-state index in [4.69, 9.17) is 0 Å². The Labute approximate surface area is 58.9 Å². The van der Waals surface area contributed by atoms with Crippen LogP contribution in [0, 0.1) is 0 Å². The first kappa shape index (κ1) is 6.68. The van der Waals surface area contributed by atoms with E-state index in [9.17, 15) is 4.79 Å². The van der Waals surface area contributed by atoms with Gasteiger partial charge >= 0.3 is 0 Å². The van der Waals surface area contributed by atoms with Crippen molar-refractivity contribution in [3.63, 3.8) is 0 Å². The summed E-state index contributed by atoms with van der Waals surface area (Å²) in [7, 11) is 0. The second kappa shape index (κ2) is 2.92. The second-order valence-electron chi connectivity index (χ2n) is 1.84. The fraction of sp³-hybridized carbons (Fsp3) is 0.500. The van der Waals surface area contributed by atoms with Gasteiger partial charge in [-0.2, -0.15) is 0 Å². The molecular weight excluding hydrogens is 134 g/mol. The van der Waals surface area contributed by atoms with Crippen LogP contribution >= 0.6 is 11.8 Å². The molecule has 0 spiro atoms. The third kappa shape index (κ3) is 1.48. The zero-order chi connectivity index (χ0) is 6.69. The minimum atomic E-state index is 0.0556. The van der Waals surface area contributed by atoms with Crippen LogP contribution in [-0.4, -0.2) is 29.0 Å². The summed E-state index contributed by atoms with van der Waals surface area (Å²) in [6.45, 7) is 4.29. The van der Waals surface area contributed by atoms with E-state index in [-0.39, 0.29) is 5.91 Å². The molecule has 50 valence electrons. The van der Waals surface area contributed by atoms with E-state index in [1.807, 2.05) is 0 Å². The summed E-state index contributed by atoms with van der Waals surface area (Å²) in [6, 6.07) is 0. The average Bonchev–Trinajstić information content (AvgIpc) is 2.37. The highest BCUT2D eigenvalue weighted by Gasteiger charge is 2.14. The summed E-state index contributed by atoms with van der Waals surface area (Å²) < 4.78 is 0. The van der Waals surface area contributed by atoms with Gasteiger partial charge in [-0.25, -0.2) is 0 Å². The zero-order valence-corrected chi connectivity index (χ0v) is 5.99. The predicted octanol–water partition coefficient (Wildman–Crippen LogP) is 0.705. The molecule has 1 saturated heterocycles. The molecule has 3 heteroatoms. The zero-order valence-electron chi connectivity index (χ0n) is 5.17. The molecule has 1 fully saturated rings. The van der Waals surface area contributed by atoms with Crippen molar-refractivity contribution < 1.29 is 4.79 Å². The number of hydrogen-bond donors (Lipinski definition) is 0. The Kier molecular flexibility index (Phi) is 2.16. The van der Waals surface area contributed by atoms with Crippen LogP contribution in [0.15, 0.2) is 12.7 Å². The Balaban J connectivity index is 2.41. The van der Waals surface area contributed by atoms with Crippen molar-refractivity contribution in [2.75, 3.05) is 18.2 Å². The fourth-order valence-electron chi connectivity index (χ4n) is 0.717.